The van der Waals surface area contributed by atoms with Gasteiger partial charge in [0.2, 0.25) is 0 Å². The molecule has 1 atom stereocenters. The molecule has 0 unspecified atom stereocenters. The Bertz CT molecular complexity index is 1070. The van der Waals surface area contributed by atoms with Gasteiger partial charge in [-0.2, -0.15) is 0 Å². The first-order valence-corrected chi connectivity index (χ1v) is 11.0. The number of nitrogens with zero attached hydrogens (tertiary/aromatic N) is 1. The Labute approximate surface area is 187 Å². The van der Waals surface area contributed by atoms with Crippen LogP contribution in [-0.2, 0) is 4.79 Å². The van der Waals surface area contributed by atoms with Crippen molar-refractivity contribution in [2.75, 3.05) is 31.7 Å². The summed E-state index contributed by atoms with van der Waals surface area (Å²) in [6, 6.07) is 23.6. The highest BCUT2D eigenvalue weighted by atomic mass is 16.6. The smallest absolute Gasteiger partial charge is 0.261 e. The van der Waals surface area contributed by atoms with Crippen molar-refractivity contribution in [1.82, 2.24) is 4.90 Å². The second kappa shape index (κ2) is 9.22. The van der Waals surface area contributed by atoms with Gasteiger partial charge < -0.3 is 24.4 Å². The maximum Gasteiger partial charge on any atom is 0.261 e. The molecule has 1 saturated heterocycles. The van der Waals surface area contributed by atoms with Crippen molar-refractivity contribution in [3.8, 4) is 17.2 Å². The average Bonchev–Trinajstić information content (AvgIpc) is 3.34. The maximum absolute atomic E-state index is 12.9. The second-order valence-electron chi connectivity index (χ2n) is 7.95. The molecule has 164 valence electrons. The summed E-state index contributed by atoms with van der Waals surface area (Å²) in [6.45, 7) is 1.88. The molecular weight excluding hydrogens is 404 g/mol. The van der Waals surface area contributed by atoms with Crippen molar-refractivity contribution in [2.45, 2.75) is 18.9 Å². The van der Waals surface area contributed by atoms with Crippen molar-refractivity contribution in [1.29, 1.82) is 0 Å². The van der Waals surface area contributed by atoms with E-state index in [-0.39, 0.29) is 18.6 Å². The van der Waals surface area contributed by atoms with Crippen LogP contribution in [0.5, 0.6) is 17.2 Å². The molecule has 1 fully saturated rings. The van der Waals surface area contributed by atoms with Crippen LogP contribution in [0.4, 0.5) is 11.4 Å². The minimum absolute atomic E-state index is 0.00567. The van der Waals surface area contributed by atoms with Crippen LogP contribution >= 0.6 is 0 Å². The zero-order valence-electron chi connectivity index (χ0n) is 17.8. The summed E-state index contributed by atoms with van der Waals surface area (Å²) < 4.78 is 17.1. The first-order valence-electron chi connectivity index (χ1n) is 11.0. The number of benzene rings is 3. The molecule has 6 heteroatoms. The van der Waals surface area contributed by atoms with Crippen molar-refractivity contribution >= 4 is 17.3 Å². The highest BCUT2D eigenvalue weighted by molar-refractivity contribution is 5.78. The lowest BCUT2D eigenvalue weighted by atomic mass is 10.0. The van der Waals surface area contributed by atoms with Crippen molar-refractivity contribution in [3.63, 3.8) is 0 Å². The SMILES string of the molecule is O=C(COc1ccc(Nc2ccccc2)cc1)N1CCC[C@@H]1c1ccc2c(c1)OCCO2. The fraction of sp³-hybridized carbons (Fsp3) is 0.269. The van der Waals surface area contributed by atoms with E-state index in [0.717, 1.165) is 47.8 Å². The number of carbonyl (C=O) groups is 1. The van der Waals surface area contributed by atoms with Crippen molar-refractivity contribution < 1.29 is 19.0 Å². The third-order valence-corrected chi connectivity index (χ3v) is 5.80. The number of nitrogens with one attached hydrogen (secondary N) is 1. The lowest BCUT2D eigenvalue weighted by Gasteiger charge is -2.26. The lowest BCUT2D eigenvalue weighted by Crippen LogP contribution is -2.34. The van der Waals surface area contributed by atoms with E-state index in [1.165, 1.54) is 0 Å². The number of anilines is 2. The van der Waals surface area contributed by atoms with E-state index in [1.54, 1.807) is 0 Å². The minimum atomic E-state index is -0.00567. The normalized spacial score (nSPS) is 17.1. The fourth-order valence-corrected chi connectivity index (χ4v) is 4.23. The monoisotopic (exact) mass is 430 g/mol. The molecule has 32 heavy (non-hydrogen) atoms. The molecule has 0 aromatic heterocycles. The van der Waals surface area contributed by atoms with E-state index in [2.05, 4.69) is 5.32 Å². The van der Waals surface area contributed by atoms with E-state index in [4.69, 9.17) is 14.2 Å². The van der Waals surface area contributed by atoms with Crippen LogP contribution in [0.3, 0.4) is 0 Å². The van der Waals surface area contributed by atoms with E-state index in [0.29, 0.717) is 19.0 Å². The molecule has 2 aliphatic rings. The number of fused-ring (bicyclic) bond motifs is 1. The molecule has 0 radical (unpaired) electrons. The predicted octanol–water partition coefficient (Wildman–Crippen LogP) is 4.94. The number of ether oxygens (including phenoxy) is 3. The molecule has 0 bridgehead atoms. The Balaban J connectivity index is 1.19. The van der Waals surface area contributed by atoms with Gasteiger partial charge in [-0.25, -0.2) is 0 Å². The van der Waals surface area contributed by atoms with Gasteiger partial charge >= 0.3 is 0 Å². The Hall–Kier alpha value is -3.67. The lowest BCUT2D eigenvalue weighted by molar-refractivity contribution is -0.134. The molecule has 1 amide bonds. The molecule has 1 N–H and O–H groups in total. The first kappa shape index (κ1) is 20.2. The summed E-state index contributed by atoms with van der Waals surface area (Å²) in [5, 5.41) is 3.34. The van der Waals surface area contributed by atoms with Crippen LogP contribution in [0.15, 0.2) is 72.8 Å². The Morgan fingerprint density at radius 2 is 1.69 bits per heavy atom. The van der Waals surface area contributed by atoms with Crippen LogP contribution in [-0.4, -0.2) is 37.2 Å². The van der Waals surface area contributed by atoms with Crippen molar-refractivity contribution in [2.24, 2.45) is 0 Å². The number of likely N-dealkylation sites (tertiary alicyclic amines) is 1. The number of amides is 1. The van der Waals surface area contributed by atoms with E-state index >= 15 is 0 Å². The molecule has 3 aromatic carbocycles. The maximum atomic E-state index is 12.9. The molecule has 0 aliphatic carbocycles. The van der Waals surface area contributed by atoms with Gasteiger partial charge in [0.1, 0.15) is 19.0 Å². The number of hydrogen-bond acceptors (Lipinski definition) is 5. The minimum Gasteiger partial charge on any atom is -0.486 e. The molecule has 0 spiro atoms. The van der Waals surface area contributed by atoms with Crippen LogP contribution in [0, 0.1) is 0 Å². The van der Waals surface area contributed by atoms with Crippen molar-refractivity contribution in [3.05, 3.63) is 78.4 Å². The van der Waals surface area contributed by atoms with Crippen LogP contribution < -0.4 is 19.5 Å². The summed E-state index contributed by atoms with van der Waals surface area (Å²) in [5.41, 5.74) is 3.07. The number of carbonyl (C=O) groups excluding carboxylic acids is 1. The first-order chi connectivity index (χ1) is 15.8. The standard InChI is InChI=1S/C26H26N2O4/c29-26(18-32-22-11-9-21(10-12-22)27-20-5-2-1-3-6-20)28-14-4-7-23(28)19-8-13-24-25(17-19)31-16-15-30-24/h1-3,5-6,8-13,17,23,27H,4,7,14-16,18H2/t23-/m1/s1. The second-order valence-corrected chi connectivity index (χ2v) is 7.95. The van der Waals surface area contributed by atoms with Crippen LogP contribution in [0.2, 0.25) is 0 Å². The molecule has 2 heterocycles. The largest absolute Gasteiger partial charge is 0.486 e. The molecule has 2 aliphatic heterocycles. The van der Waals surface area contributed by atoms with E-state index in [1.807, 2.05) is 77.7 Å². The molecule has 3 aromatic rings. The third kappa shape index (κ3) is 4.49. The molecule has 0 saturated carbocycles. The predicted molar refractivity (Wildman–Crippen MR) is 123 cm³/mol. The zero-order chi connectivity index (χ0) is 21.8. The highest BCUT2D eigenvalue weighted by Gasteiger charge is 2.31. The van der Waals surface area contributed by atoms with Gasteiger partial charge in [-0.3, -0.25) is 4.79 Å². The summed E-state index contributed by atoms with van der Waals surface area (Å²) >= 11 is 0. The van der Waals surface area contributed by atoms with Gasteiger partial charge in [0.05, 0.1) is 6.04 Å². The molecule has 6 nitrogen and oxygen atoms in total. The molecule has 5 rings (SSSR count). The topological polar surface area (TPSA) is 60.0 Å². The third-order valence-electron chi connectivity index (χ3n) is 5.80. The Kier molecular flexibility index (Phi) is 5.83. The van der Waals surface area contributed by atoms with E-state index < -0.39 is 0 Å². The highest BCUT2D eigenvalue weighted by Crippen LogP contribution is 2.38. The summed E-state index contributed by atoms with van der Waals surface area (Å²) in [4.78, 5) is 14.8. The molecular formula is C26H26N2O4. The van der Waals surface area contributed by atoms with Crippen LogP contribution in [0.25, 0.3) is 0 Å². The van der Waals surface area contributed by atoms with Crippen LogP contribution in [0.1, 0.15) is 24.4 Å². The van der Waals surface area contributed by atoms with Gasteiger partial charge in [-0.15, -0.1) is 0 Å². The average molecular weight is 431 g/mol. The van der Waals surface area contributed by atoms with Gasteiger partial charge in [0.25, 0.3) is 5.91 Å². The zero-order valence-corrected chi connectivity index (χ0v) is 17.8. The summed E-state index contributed by atoms with van der Waals surface area (Å²) in [6.07, 6.45) is 1.91. The van der Waals surface area contributed by atoms with Gasteiger partial charge in [0.15, 0.2) is 18.1 Å². The quantitative estimate of drug-likeness (QED) is 0.600. The van der Waals surface area contributed by atoms with Gasteiger partial charge in [0, 0.05) is 17.9 Å². The van der Waals surface area contributed by atoms with Gasteiger partial charge in [-0.05, 0) is 66.9 Å². The summed E-state index contributed by atoms with van der Waals surface area (Å²) in [7, 11) is 0. The number of hydrogen-bond donors (Lipinski definition) is 1. The number of rotatable bonds is 6. The fourth-order valence-electron chi connectivity index (χ4n) is 4.23. The Morgan fingerprint density at radius 3 is 2.50 bits per heavy atom. The summed E-state index contributed by atoms with van der Waals surface area (Å²) in [5.74, 6) is 2.19. The Morgan fingerprint density at radius 1 is 0.938 bits per heavy atom. The van der Waals surface area contributed by atoms with Gasteiger partial charge in [-0.1, -0.05) is 24.3 Å². The number of para-hydroxylation sites is 1. The van der Waals surface area contributed by atoms with E-state index in [9.17, 15) is 4.79 Å².